The van der Waals surface area contributed by atoms with Gasteiger partial charge < -0.3 is 20.9 Å². The lowest BCUT2D eigenvalue weighted by Gasteiger charge is -2.36. The van der Waals surface area contributed by atoms with Gasteiger partial charge in [0.25, 0.3) is 0 Å². The third-order valence-electron chi connectivity index (χ3n) is 5.38. The van der Waals surface area contributed by atoms with E-state index >= 15 is 0 Å². The minimum absolute atomic E-state index is 0. The number of hydrogen-bond donors (Lipinski definition) is 2. The molecule has 1 saturated heterocycles. The number of anilines is 2. The largest absolute Gasteiger partial charge is 0.370 e. The van der Waals surface area contributed by atoms with E-state index in [1.54, 1.807) is 12.1 Å². The van der Waals surface area contributed by atoms with Crippen LogP contribution in [-0.2, 0) is 4.79 Å². The number of carbonyl (C=O) groups excluding carboxylic acids is 1. The van der Waals surface area contributed by atoms with Gasteiger partial charge in [0.1, 0.15) is 5.82 Å². The van der Waals surface area contributed by atoms with E-state index in [9.17, 15) is 9.18 Å². The number of para-hydroxylation sites is 1. The third-order valence-corrected chi connectivity index (χ3v) is 5.38. The second-order valence-corrected chi connectivity index (χ2v) is 7.19. The zero-order valence-electron chi connectivity index (χ0n) is 16.1. The zero-order chi connectivity index (χ0) is 19.5. The molecule has 29 heavy (non-hydrogen) atoms. The molecule has 3 N–H and O–H groups in total. The lowest BCUT2D eigenvalue weighted by atomic mass is 9.91. The van der Waals surface area contributed by atoms with Gasteiger partial charge in [0, 0.05) is 49.9 Å². The molecule has 2 aliphatic heterocycles. The minimum atomic E-state index is -0.225. The maximum Gasteiger partial charge on any atom is 0.225 e. The van der Waals surface area contributed by atoms with Gasteiger partial charge >= 0.3 is 0 Å². The topological polar surface area (TPSA) is 74.0 Å². The van der Waals surface area contributed by atoms with Crippen molar-refractivity contribution < 1.29 is 9.18 Å². The number of guanidine groups is 1. The summed E-state index contributed by atoms with van der Waals surface area (Å²) in [5.41, 5.74) is 9.22. The molecule has 6 nitrogen and oxygen atoms in total. The summed E-state index contributed by atoms with van der Waals surface area (Å²) < 4.78 is 13.1. The Balaban J connectivity index is 0.00000240. The van der Waals surface area contributed by atoms with Gasteiger partial charge in [0.15, 0.2) is 5.96 Å². The molecule has 2 heterocycles. The molecule has 1 atom stereocenters. The van der Waals surface area contributed by atoms with E-state index in [0.29, 0.717) is 18.9 Å². The summed E-state index contributed by atoms with van der Waals surface area (Å²) in [6.45, 7) is 3.62. The van der Waals surface area contributed by atoms with Crippen molar-refractivity contribution in [3.05, 3.63) is 59.9 Å². The van der Waals surface area contributed by atoms with Crippen LogP contribution in [0, 0.1) is 5.82 Å². The van der Waals surface area contributed by atoms with E-state index in [2.05, 4.69) is 20.1 Å². The van der Waals surface area contributed by atoms with Crippen molar-refractivity contribution in [1.29, 1.82) is 0 Å². The molecule has 1 amide bonds. The van der Waals surface area contributed by atoms with Crippen molar-refractivity contribution >= 4 is 47.2 Å². The molecule has 0 radical (unpaired) electrons. The summed E-state index contributed by atoms with van der Waals surface area (Å²) in [5, 5.41) is 2.91. The summed E-state index contributed by atoms with van der Waals surface area (Å²) in [6, 6.07) is 14.4. The van der Waals surface area contributed by atoms with Gasteiger partial charge in [0.2, 0.25) is 5.91 Å². The Bertz CT molecular complexity index is 881. The van der Waals surface area contributed by atoms with E-state index < -0.39 is 0 Å². The average Bonchev–Trinajstić information content (AvgIpc) is 2.72. The number of piperazine rings is 1. The first-order valence-electron chi connectivity index (χ1n) is 9.54. The summed E-state index contributed by atoms with van der Waals surface area (Å²) in [6.07, 6.45) is 0.423. The highest BCUT2D eigenvalue weighted by Gasteiger charge is 2.25. The molecule has 4 rings (SSSR count). The summed E-state index contributed by atoms with van der Waals surface area (Å²) in [4.78, 5) is 20.8. The molecule has 1 fully saturated rings. The number of nitrogens with zero attached hydrogens (tertiary/aromatic N) is 3. The fourth-order valence-corrected chi connectivity index (χ4v) is 3.81. The molecule has 0 spiro atoms. The minimum Gasteiger partial charge on any atom is -0.370 e. The molecular formula is C21H25FIN5O. The quantitative estimate of drug-likeness (QED) is 0.379. The fourth-order valence-electron chi connectivity index (χ4n) is 3.81. The van der Waals surface area contributed by atoms with E-state index in [0.717, 1.165) is 43.1 Å². The molecule has 1 unspecified atom stereocenters. The van der Waals surface area contributed by atoms with Gasteiger partial charge in [-0.05, 0) is 35.9 Å². The van der Waals surface area contributed by atoms with Crippen LogP contribution in [0.3, 0.4) is 0 Å². The van der Waals surface area contributed by atoms with Gasteiger partial charge in [0.05, 0.1) is 6.54 Å². The predicted molar refractivity (Wildman–Crippen MR) is 125 cm³/mol. The monoisotopic (exact) mass is 509 g/mol. The average molecular weight is 509 g/mol. The number of benzene rings is 2. The van der Waals surface area contributed by atoms with Crippen molar-refractivity contribution in [3.8, 4) is 0 Å². The number of nitrogens with one attached hydrogen (secondary N) is 1. The van der Waals surface area contributed by atoms with E-state index in [1.165, 1.54) is 12.1 Å². The second kappa shape index (κ2) is 9.43. The molecule has 0 bridgehead atoms. The van der Waals surface area contributed by atoms with Crippen LogP contribution in [0.15, 0.2) is 53.5 Å². The van der Waals surface area contributed by atoms with Crippen molar-refractivity contribution in [3.63, 3.8) is 0 Å². The predicted octanol–water partition coefficient (Wildman–Crippen LogP) is 3.01. The third kappa shape index (κ3) is 4.98. The van der Waals surface area contributed by atoms with Crippen molar-refractivity contribution in [2.75, 3.05) is 42.9 Å². The van der Waals surface area contributed by atoms with Gasteiger partial charge in [-0.25, -0.2) is 4.39 Å². The molecular weight excluding hydrogens is 484 g/mol. The SMILES string of the molecule is I.NC(=NCC1CC(=O)Nc2ccccc21)N1CCN(c2ccc(F)cc2)CC1. The second-order valence-electron chi connectivity index (χ2n) is 7.19. The lowest BCUT2D eigenvalue weighted by Crippen LogP contribution is -2.51. The van der Waals surface area contributed by atoms with E-state index in [-0.39, 0.29) is 41.6 Å². The van der Waals surface area contributed by atoms with Crippen molar-refractivity contribution in [1.82, 2.24) is 4.90 Å². The summed E-state index contributed by atoms with van der Waals surface area (Å²) >= 11 is 0. The Hall–Kier alpha value is -2.36. The highest BCUT2D eigenvalue weighted by molar-refractivity contribution is 14.0. The standard InChI is InChI=1S/C21H24FN5O.HI/c22-16-5-7-17(8-6-16)26-9-11-27(12-10-26)21(23)24-14-15-13-20(28)25-19-4-2-1-3-18(15)19;/h1-8,15H,9-14H2,(H2,23,24)(H,25,28);1H. The maximum atomic E-state index is 13.1. The maximum absolute atomic E-state index is 13.1. The molecule has 154 valence electrons. The van der Waals surface area contributed by atoms with Crippen LogP contribution in [0.5, 0.6) is 0 Å². The van der Waals surface area contributed by atoms with Crippen molar-refractivity contribution in [2.45, 2.75) is 12.3 Å². The number of halogens is 2. The van der Waals surface area contributed by atoms with Crippen LogP contribution in [0.1, 0.15) is 17.9 Å². The number of fused-ring (bicyclic) bond motifs is 1. The summed E-state index contributed by atoms with van der Waals surface area (Å²) in [5.74, 6) is 0.355. The molecule has 2 aromatic rings. The number of rotatable bonds is 3. The smallest absolute Gasteiger partial charge is 0.225 e. The Kier molecular flexibility index (Phi) is 6.94. The van der Waals surface area contributed by atoms with Crippen LogP contribution < -0.4 is 16.0 Å². The molecule has 2 aliphatic rings. The number of nitrogens with two attached hydrogens (primary N) is 1. The van der Waals surface area contributed by atoms with Gasteiger partial charge in [-0.3, -0.25) is 9.79 Å². The van der Waals surface area contributed by atoms with Crippen LogP contribution in [0.2, 0.25) is 0 Å². The number of carbonyl (C=O) groups is 1. The zero-order valence-corrected chi connectivity index (χ0v) is 18.4. The van der Waals surface area contributed by atoms with E-state index in [4.69, 9.17) is 5.73 Å². The van der Waals surface area contributed by atoms with Crippen molar-refractivity contribution in [2.24, 2.45) is 10.7 Å². The number of hydrogen-bond acceptors (Lipinski definition) is 3. The Morgan fingerprint density at radius 2 is 1.79 bits per heavy atom. The Morgan fingerprint density at radius 1 is 1.10 bits per heavy atom. The molecule has 2 aromatic carbocycles. The van der Waals surface area contributed by atoms with Gasteiger partial charge in [-0.1, -0.05) is 18.2 Å². The number of amides is 1. The van der Waals surface area contributed by atoms with Gasteiger partial charge in [-0.2, -0.15) is 0 Å². The summed E-state index contributed by atoms with van der Waals surface area (Å²) in [7, 11) is 0. The normalized spacial score (nSPS) is 19.3. The highest BCUT2D eigenvalue weighted by atomic mass is 127. The van der Waals surface area contributed by atoms with E-state index in [1.807, 2.05) is 24.3 Å². The lowest BCUT2D eigenvalue weighted by molar-refractivity contribution is -0.116. The first-order valence-corrected chi connectivity index (χ1v) is 9.54. The van der Waals surface area contributed by atoms with Crippen LogP contribution in [0.25, 0.3) is 0 Å². The number of aliphatic imine (C=N–C) groups is 1. The fraction of sp³-hybridized carbons (Fsp3) is 0.333. The molecule has 0 aromatic heterocycles. The Morgan fingerprint density at radius 3 is 2.52 bits per heavy atom. The van der Waals surface area contributed by atoms with Crippen LogP contribution in [-0.4, -0.2) is 49.5 Å². The molecule has 0 saturated carbocycles. The molecule has 0 aliphatic carbocycles. The first-order chi connectivity index (χ1) is 13.6. The Labute approximate surface area is 187 Å². The van der Waals surface area contributed by atoms with Crippen LogP contribution in [0.4, 0.5) is 15.8 Å². The first kappa shape index (κ1) is 21.4. The van der Waals surface area contributed by atoms with Crippen LogP contribution >= 0.6 is 24.0 Å². The highest BCUT2D eigenvalue weighted by Crippen LogP contribution is 2.32. The molecule has 8 heteroatoms. The van der Waals surface area contributed by atoms with Gasteiger partial charge in [-0.15, -0.1) is 24.0 Å².